The lowest BCUT2D eigenvalue weighted by molar-refractivity contribution is 0.0507. The van der Waals surface area contributed by atoms with Crippen LogP contribution in [0.4, 0.5) is 4.79 Å². The van der Waals surface area contributed by atoms with Crippen LogP contribution < -0.4 is 5.32 Å². The van der Waals surface area contributed by atoms with Gasteiger partial charge < -0.3 is 15.0 Å². The van der Waals surface area contributed by atoms with Crippen molar-refractivity contribution in [2.24, 2.45) is 4.40 Å². The number of benzene rings is 1. The van der Waals surface area contributed by atoms with Crippen molar-refractivity contribution < 1.29 is 17.9 Å². The molecular formula is C16H21N3O4S. The summed E-state index contributed by atoms with van der Waals surface area (Å²) in [6.07, 6.45) is 0.247. The van der Waals surface area contributed by atoms with Crippen LogP contribution >= 0.6 is 0 Å². The number of hydrogen-bond donors (Lipinski definition) is 1. The molecule has 7 nitrogen and oxygen atoms in total. The summed E-state index contributed by atoms with van der Waals surface area (Å²) >= 11 is 0. The first-order valence-corrected chi connectivity index (χ1v) is 9.28. The van der Waals surface area contributed by atoms with Gasteiger partial charge in [-0.3, -0.25) is 0 Å². The van der Waals surface area contributed by atoms with Crippen molar-refractivity contribution in [1.29, 1.82) is 0 Å². The highest BCUT2D eigenvalue weighted by Gasteiger charge is 2.35. The molecule has 3 rings (SSSR count). The number of amidine groups is 1. The maximum Gasteiger partial charge on any atom is 0.407 e. The van der Waals surface area contributed by atoms with Crippen LogP contribution in [-0.2, 0) is 14.8 Å². The van der Waals surface area contributed by atoms with Crippen molar-refractivity contribution in [1.82, 2.24) is 10.2 Å². The number of hydrogen-bond acceptors (Lipinski definition) is 5. The van der Waals surface area contributed by atoms with Crippen molar-refractivity contribution in [3.05, 3.63) is 29.8 Å². The van der Waals surface area contributed by atoms with Crippen LogP contribution in [0.5, 0.6) is 0 Å². The van der Waals surface area contributed by atoms with Crippen molar-refractivity contribution >= 4 is 22.0 Å². The summed E-state index contributed by atoms with van der Waals surface area (Å²) in [4.78, 5) is 14.0. The van der Waals surface area contributed by atoms with E-state index in [1.165, 1.54) is 0 Å². The third kappa shape index (κ3) is 3.38. The molecule has 1 saturated heterocycles. The maximum absolute atomic E-state index is 12.1. The highest BCUT2D eigenvalue weighted by Crippen LogP contribution is 2.29. The molecule has 1 N–H and O–H groups in total. The zero-order valence-electron chi connectivity index (χ0n) is 13.9. The van der Waals surface area contributed by atoms with Crippen molar-refractivity contribution in [2.75, 3.05) is 13.1 Å². The standard InChI is InChI=1S/C16H21N3O4S/c1-16(2,3)23-15(20)17-11-8-9-19(10-11)14-12-6-4-5-7-13(12)24(21,22)18-14/h4-7,11H,8-10H2,1-3H3,(H,17,20). The number of carbonyl (C=O) groups excluding carboxylic acids is 1. The average Bonchev–Trinajstić information content (AvgIpc) is 3.00. The molecule has 8 heteroatoms. The van der Waals surface area contributed by atoms with Crippen LogP contribution in [0.1, 0.15) is 32.8 Å². The van der Waals surface area contributed by atoms with Crippen LogP contribution in [0, 0.1) is 0 Å². The first-order valence-electron chi connectivity index (χ1n) is 7.84. The van der Waals surface area contributed by atoms with Gasteiger partial charge in [-0.1, -0.05) is 12.1 Å². The Balaban J connectivity index is 1.70. The molecule has 1 atom stereocenters. The van der Waals surface area contributed by atoms with E-state index in [0.717, 1.165) is 0 Å². The summed E-state index contributed by atoms with van der Waals surface area (Å²) in [5.41, 5.74) is 0.0701. The van der Waals surface area contributed by atoms with Gasteiger partial charge in [0.05, 0.1) is 6.04 Å². The number of fused-ring (bicyclic) bond motifs is 1. The molecular weight excluding hydrogens is 330 g/mol. The molecule has 1 fully saturated rings. The van der Waals surface area contributed by atoms with E-state index in [4.69, 9.17) is 4.74 Å². The van der Waals surface area contributed by atoms with Gasteiger partial charge in [-0.05, 0) is 39.3 Å². The first-order chi connectivity index (χ1) is 11.2. The third-order valence-electron chi connectivity index (χ3n) is 3.82. The van der Waals surface area contributed by atoms with Gasteiger partial charge in [0.1, 0.15) is 10.5 Å². The molecule has 24 heavy (non-hydrogen) atoms. The highest BCUT2D eigenvalue weighted by atomic mass is 32.2. The fraction of sp³-hybridized carbons (Fsp3) is 0.500. The molecule has 2 aliphatic rings. The number of likely N-dealkylation sites (tertiary alicyclic amines) is 1. The van der Waals surface area contributed by atoms with Gasteiger partial charge in [-0.15, -0.1) is 4.40 Å². The normalized spacial score (nSPS) is 22.0. The average molecular weight is 351 g/mol. The molecule has 0 radical (unpaired) electrons. The Morgan fingerprint density at radius 3 is 2.75 bits per heavy atom. The maximum atomic E-state index is 12.1. The number of alkyl carbamates (subject to hydrolysis) is 1. The zero-order valence-corrected chi connectivity index (χ0v) is 14.8. The molecule has 1 amide bonds. The molecule has 0 aromatic heterocycles. The fourth-order valence-corrected chi connectivity index (χ4v) is 4.09. The molecule has 1 aromatic carbocycles. The van der Waals surface area contributed by atoms with Gasteiger partial charge in [0.25, 0.3) is 10.0 Å². The largest absolute Gasteiger partial charge is 0.444 e. The van der Waals surface area contributed by atoms with Crippen LogP contribution in [0.25, 0.3) is 0 Å². The summed E-state index contributed by atoms with van der Waals surface area (Å²) in [6, 6.07) is 6.70. The van der Waals surface area contributed by atoms with Crippen molar-refractivity contribution in [2.45, 2.75) is 43.7 Å². The van der Waals surface area contributed by atoms with Crippen molar-refractivity contribution in [3.63, 3.8) is 0 Å². The number of sulfonamides is 1. The highest BCUT2D eigenvalue weighted by molar-refractivity contribution is 7.90. The molecule has 0 saturated carbocycles. The summed E-state index contributed by atoms with van der Waals surface area (Å²) in [5.74, 6) is 0.457. The molecule has 2 aliphatic heterocycles. The Kier molecular flexibility index (Phi) is 4.03. The molecule has 1 unspecified atom stereocenters. The van der Waals surface area contributed by atoms with Crippen LogP contribution in [0.2, 0.25) is 0 Å². The van der Waals surface area contributed by atoms with E-state index in [-0.39, 0.29) is 10.9 Å². The van der Waals surface area contributed by atoms with Crippen molar-refractivity contribution in [3.8, 4) is 0 Å². The quantitative estimate of drug-likeness (QED) is 0.832. The Morgan fingerprint density at radius 1 is 1.33 bits per heavy atom. The lowest BCUT2D eigenvalue weighted by Gasteiger charge is -2.22. The Hall–Kier alpha value is -2.09. The minimum absolute atomic E-state index is 0.0991. The summed E-state index contributed by atoms with van der Waals surface area (Å²) in [7, 11) is -3.62. The second-order valence-electron chi connectivity index (χ2n) is 6.96. The van der Waals surface area contributed by atoms with E-state index in [2.05, 4.69) is 9.71 Å². The number of amides is 1. The zero-order chi connectivity index (χ0) is 17.5. The summed E-state index contributed by atoms with van der Waals surface area (Å²) < 4.78 is 33.4. The number of nitrogens with zero attached hydrogens (tertiary/aromatic N) is 2. The summed E-state index contributed by atoms with van der Waals surface area (Å²) in [6.45, 7) is 6.55. The minimum atomic E-state index is -3.62. The molecule has 0 spiro atoms. The number of nitrogens with one attached hydrogen (secondary N) is 1. The van der Waals surface area contributed by atoms with E-state index in [1.807, 2.05) is 25.7 Å². The van der Waals surface area contributed by atoms with Gasteiger partial charge in [0, 0.05) is 18.7 Å². The molecule has 130 valence electrons. The Morgan fingerprint density at radius 2 is 2.04 bits per heavy atom. The molecule has 2 heterocycles. The van der Waals surface area contributed by atoms with Gasteiger partial charge in [-0.25, -0.2) is 4.79 Å². The molecule has 1 aromatic rings. The van der Waals surface area contributed by atoms with Crippen LogP contribution in [0.15, 0.2) is 33.6 Å². The lowest BCUT2D eigenvalue weighted by Crippen LogP contribution is -2.41. The van der Waals surface area contributed by atoms with Gasteiger partial charge >= 0.3 is 6.09 Å². The molecule has 0 bridgehead atoms. The topological polar surface area (TPSA) is 88.1 Å². The Bertz CT molecular complexity index is 796. The Labute approximate surface area is 141 Å². The van der Waals surface area contributed by atoms with Gasteiger partial charge in [-0.2, -0.15) is 8.42 Å². The summed E-state index contributed by atoms with van der Waals surface area (Å²) in [5, 5.41) is 2.83. The molecule has 0 aliphatic carbocycles. The monoisotopic (exact) mass is 351 g/mol. The van der Waals surface area contributed by atoms with Crippen LogP contribution in [-0.4, -0.2) is 50.0 Å². The van der Waals surface area contributed by atoms with E-state index >= 15 is 0 Å². The van der Waals surface area contributed by atoms with Crippen LogP contribution in [0.3, 0.4) is 0 Å². The predicted octanol–water partition coefficient (Wildman–Crippen LogP) is 1.73. The number of rotatable bonds is 1. The second-order valence-corrected chi connectivity index (χ2v) is 8.54. The smallest absolute Gasteiger partial charge is 0.407 e. The van der Waals surface area contributed by atoms with E-state index in [1.54, 1.807) is 24.3 Å². The predicted molar refractivity (Wildman–Crippen MR) is 89.5 cm³/mol. The SMILES string of the molecule is CC(C)(C)OC(=O)NC1CCN(C2=NS(=O)(=O)c3ccccc32)C1. The second kappa shape index (κ2) is 5.77. The van der Waals surface area contributed by atoms with Gasteiger partial charge in [0.15, 0.2) is 5.84 Å². The van der Waals surface area contributed by atoms with Gasteiger partial charge in [0.2, 0.25) is 0 Å². The number of carbonyl (C=O) groups is 1. The van der Waals surface area contributed by atoms with E-state index in [9.17, 15) is 13.2 Å². The lowest BCUT2D eigenvalue weighted by atomic mass is 10.2. The van der Waals surface area contributed by atoms with E-state index < -0.39 is 21.7 Å². The van der Waals surface area contributed by atoms with E-state index in [0.29, 0.717) is 30.9 Å². The number of ether oxygens (including phenoxy) is 1. The third-order valence-corrected chi connectivity index (χ3v) is 5.15. The fourth-order valence-electron chi connectivity index (χ4n) is 2.86. The first kappa shape index (κ1) is 16.8. The minimum Gasteiger partial charge on any atom is -0.444 e.